The smallest absolute Gasteiger partial charge is 0.0956 e. The van der Waals surface area contributed by atoms with Crippen molar-refractivity contribution in [1.29, 1.82) is 0 Å². The summed E-state index contributed by atoms with van der Waals surface area (Å²) in [6.07, 6.45) is 9.01. The molecule has 2 aromatic rings. The van der Waals surface area contributed by atoms with E-state index in [4.69, 9.17) is 4.74 Å². The Morgan fingerprint density at radius 1 is 1.25 bits per heavy atom. The highest BCUT2D eigenvalue weighted by molar-refractivity contribution is 5.68. The molecule has 1 saturated carbocycles. The second kappa shape index (κ2) is 6.69. The van der Waals surface area contributed by atoms with Crippen molar-refractivity contribution >= 4 is 0 Å². The number of ether oxygens (including phenoxy) is 1. The number of hydrogen-bond donors (Lipinski definition) is 1. The second-order valence-electron chi connectivity index (χ2n) is 7.08. The van der Waals surface area contributed by atoms with Gasteiger partial charge >= 0.3 is 0 Å². The van der Waals surface area contributed by atoms with Gasteiger partial charge in [0.05, 0.1) is 36.5 Å². The summed E-state index contributed by atoms with van der Waals surface area (Å²) in [5.41, 5.74) is 3.74. The van der Waals surface area contributed by atoms with Crippen molar-refractivity contribution in [3.63, 3.8) is 0 Å². The van der Waals surface area contributed by atoms with Crippen LogP contribution in [-0.2, 0) is 4.74 Å². The first kappa shape index (κ1) is 15.9. The minimum Gasteiger partial charge on any atom is -0.393 e. The lowest BCUT2D eigenvalue weighted by atomic mass is 9.81. The summed E-state index contributed by atoms with van der Waals surface area (Å²) in [6, 6.07) is 8.71. The molecule has 2 heterocycles. The lowest BCUT2D eigenvalue weighted by Crippen LogP contribution is -2.30. The van der Waals surface area contributed by atoms with E-state index in [1.807, 2.05) is 12.5 Å². The summed E-state index contributed by atoms with van der Waals surface area (Å²) in [5.74, 6) is 0.390. The minimum atomic E-state index is -0.265. The molecule has 0 saturated heterocycles. The first-order valence-electron chi connectivity index (χ1n) is 9.18. The molecule has 1 aromatic heterocycles. The van der Waals surface area contributed by atoms with Crippen LogP contribution in [0, 0.1) is 5.92 Å². The Hall–Kier alpha value is -1.65. The Bertz CT molecular complexity index is 688. The fraction of sp³-hybridized carbons (Fsp3) is 0.550. The molecule has 1 N–H and O–H groups in total. The van der Waals surface area contributed by atoms with Crippen molar-refractivity contribution in [3.8, 4) is 11.3 Å². The predicted octanol–water partition coefficient (Wildman–Crippen LogP) is 3.80. The molecule has 1 fully saturated rings. The molecule has 2 aliphatic rings. The summed E-state index contributed by atoms with van der Waals surface area (Å²) in [6.45, 7) is 2.85. The Morgan fingerprint density at radius 2 is 2.04 bits per heavy atom. The van der Waals surface area contributed by atoms with Gasteiger partial charge in [-0.1, -0.05) is 24.3 Å². The first-order chi connectivity index (χ1) is 11.8. The third-order valence-corrected chi connectivity index (χ3v) is 5.73. The van der Waals surface area contributed by atoms with Crippen molar-refractivity contribution in [3.05, 3.63) is 42.4 Å². The number of rotatable bonds is 5. The number of fused-ring (bicyclic) bond motifs is 3. The lowest BCUT2D eigenvalue weighted by Gasteiger charge is -2.32. The Labute approximate surface area is 143 Å². The minimum absolute atomic E-state index is 0.207. The Kier molecular flexibility index (Phi) is 4.42. The van der Waals surface area contributed by atoms with Crippen LogP contribution in [0.1, 0.15) is 50.6 Å². The number of nitrogens with zero attached hydrogens (tertiary/aromatic N) is 2. The molecule has 4 rings (SSSR count). The Balaban J connectivity index is 1.46. The largest absolute Gasteiger partial charge is 0.393 e. The van der Waals surface area contributed by atoms with E-state index in [0.29, 0.717) is 12.0 Å². The molecule has 128 valence electrons. The maximum Gasteiger partial charge on any atom is 0.0956 e. The van der Waals surface area contributed by atoms with Crippen LogP contribution in [0.15, 0.2) is 36.8 Å². The van der Waals surface area contributed by atoms with Gasteiger partial charge in [0.25, 0.3) is 0 Å². The molecule has 0 spiro atoms. The number of aromatic nitrogens is 2. The van der Waals surface area contributed by atoms with Crippen LogP contribution >= 0.6 is 0 Å². The van der Waals surface area contributed by atoms with Gasteiger partial charge in [-0.3, -0.25) is 0 Å². The van der Waals surface area contributed by atoms with Crippen molar-refractivity contribution in [2.24, 2.45) is 5.92 Å². The molecule has 1 aromatic carbocycles. The normalized spacial score (nSPS) is 26.8. The molecule has 0 bridgehead atoms. The lowest BCUT2D eigenvalue weighted by molar-refractivity contribution is -0.00360. The number of benzene rings is 1. The highest BCUT2D eigenvalue weighted by Gasteiger charge is 2.33. The fourth-order valence-corrected chi connectivity index (χ4v) is 4.47. The van der Waals surface area contributed by atoms with E-state index in [-0.39, 0.29) is 12.1 Å². The van der Waals surface area contributed by atoms with Gasteiger partial charge in [-0.25, -0.2) is 4.98 Å². The zero-order valence-electron chi connectivity index (χ0n) is 14.3. The molecule has 24 heavy (non-hydrogen) atoms. The summed E-state index contributed by atoms with van der Waals surface area (Å²) in [4.78, 5) is 4.31. The van der Waals surface area contributed by atoms with Crippen LogP contribution in [0.25, 0.3) is 11.3 Å². The number of aliphatic hydroxyl groups is 1. The average molecular weight is 326 g/mol. The second-order valence-corrected chi connectivity index (χ2v) is 7.08. The predicted molar refractivity (Wildman–Crippen MR) is 93.8 cm³/mol. The van der Waals surface area contributed by atoms with E-state index < -0.39 is 0 Å². The molecule has 2 unspecified atom stereocenters. The maximum atomic E-state index is 10.9. The van der Waals surface area contributed by atoms with Gasteiger partial charge in [0.15, 0.2) is 0 Å². The SMILES string of the molecule is CCO[C@H]1CC[C@H](C(O)CC2c3ccccc3-c3cncn32)CC1. The number of aliphatic hydroxyl groups excluding tert-OH is 1. The summed E-state index contributed by atoms with van der Waals surface area (Å²) < 4.78 is 7.95. The van der Waals surface area contributed by atoms with Gasteiger partial charge in [-0.15, -0.1) is 0 Å². The van der Waals surface area contributed by atoms with Gasteiger partial charge in [0.2, 0.25) is 0 Å². The first-order valence-corrected chi connectivity index (χ1v) is 9.18. The number of hydrogen-bond acceptors (Lipinski definition) is 3. The van der Waals surface area contributed by atoms with Crippen LogP contribution in [0.2, 0.25) is 0 Å². The van der Waals surface area contributed by atoms with Crippen LogP contribution in [0.3, 0.4) is 0 Å². The van der Waals surface area contributed by atoms with E-state index in [1.54, 1.807) is 0 Å². The van der Waals surface area contributed by atoms with E-state index >= 15 is 0 Å². The molecule has 4 nitrogen and oxygen atoms in total. The molecule has 1 aliphatic heterocycles. The standard InChI is InChI=1S/C20H26N2O2/c1-2-24-15-9-7-14(8-10-15)20(23)11-18-16-5-3-4-6-17(16)19-12-21-13-22(18)19/h3-6,12-15,18,20,23H,2,7-11H2,1H3/t14-,15-,18?,20?. The summed E-state index contributed by atoms with van der Waals surface area (Å²) in [7, 11) is 0. The van der Waals surface area contributed by atoms with Gasteiger partial charge in [-0.05, 0) is 50.5 Å². The number of imidazole rings is 1. The molecule has 0 amide bonds. The Morgan fingerprint density at radius 3 is 2.83 bits per heavy atom. The zero-order valence-corrected chi connectivity index (χ0v) is 14.3. The van der Waals surface area contributed by atoms with E-state index in [2.05, 4.69) is 40.7 Å². The van der Waals surface area contributed by atoms with Gasteiger partial charge < -0.3 is 14.4 Å². The van der Waals surface area contributed by atoms with Crippen LogP contribution < -0.4 is 0 Å². The molecule has 4 heteroatoms. The van der Waals surface area contributed by atoms with E-state index in [9.17, 15) is 5.11 Å². The van der Waals surface area contributed by atoms with Crippen LogP contribution in [0.5, 0.6) is 0 Å². The third-order valence-electron chi connectivity index (χ3n) is 5.73. The van der Waals surface area contributed by atoms with Crippen molar-refractivity contribution < 1.29 is 9.84 Å². The molecule has 2 atom stereocenters. The highest BCUT2D eigenvalue weighted by atomic mass is 16.5. The molecular formula is C20H26N2O2. The van der Waals surface area contributed by atoms with Gasteiger partial charge in [0, 0.05) is 12.2 Å². The van der Waals surface area contributed by atoms with Gasteiger partial charge in [0.1, 0.15) is 0 Å². The summed E-state index contributed by atoms with van der Waals surface area (Å²) >= 11 is 0. The molecular weight excluding hydrogens is 300 g/mol. The summed E-state index contributed by atoms with van der Waals surface area (Å²) in [5, 5.41) is 10.9. The topological polar surface area (TPSA) is 47.3 Å². The van der Waals surface area contributed by atoms with Crippen LogP contribution in [-0.4, -0.2) is 33.5 Å². The third kappa shape index (κ3) is 2.78. The van der Waals surface area contributed by atoms with Crippen molar-refractivity contribution in [2.75, 3.05) is 6.61 Å². The maximum absolute atomic E-state index is 10.9. The van der Waals surface area contributed by atoms with E-state index in [1.165, 1.54) is 16.8 Å². The average Bonchev–Trinajstić information content (AvgIpc) is 3.19. The van der Waals surface area contributed by atoms with Crippen molar-refractivity contribution in [1.82, 2.24) is 9.55 Å². The zero-order chi connectivity index (χ0) is 16.5. The molecule has 0 radical (unpaired) electrons. The molecule has 1 aliphatic carbocycles. The van der Waals surface area contributed by atoms with E-state index in [0.717, 1.165) is 38.7 Å². The fourth-order valence-electron chi connectivity index (χ4n) is 4.47. The quantitative estimate of drug-likeness (QED) is 0.909. The van der Waals surface area contributed by atoms with Crippen molar-refractivity contribution in [2.45, 2.75) is 57.3 Å². The van der Waals surface area contributed by atoms with Gasteiger partial charge in [-0.2, -0.15) is 0 Å². The monoisotopic (exact) mass is 326 g/mol. The highest BCUT2D eigenvalue weighted by Crippen LogP contribution is 2.42. The van der Waals surface area contributed by atoms with Crippen LogP contribution in [0.4, 0.5) is 0 Å².